The van der Waals surface area contributed by atoms with Crippen molar-refractivity contribution in [1.29, 1.82) is 0 Å². The molecule has 50 valence electrons. The van der Waals surface area contributed by atoms with E-state index >= 15 is 0 Å². The summed E-state index contributed by atoms with van der Waals surface area (Å²) in [5.74, 6) is -0.0774. The van der Waals surface area contributed by atoms with Crippen molar-refractivity contribution in [2.45, 2.75) is 13.8 Å². The van der Waals surface area contributed by atoms with E-state index in [9.17, 15) is 4.79 Å². The number of hydrogen-bond acceptors (Lipinski definition) is 2. The minimum Gasteiger partial charge on any atom is -0.499 e. The van der Waals surface area contributed by atoms with Crippen molar-refractivity contribution in [1.82, 2.24) is 0 Å². The highest BCUT2D eigenvalue weighted by Crippen LogP contribution is 1.93. The van der Waals surface area contributed by atoms with Crippen LogP contribution < -0.4 is 0 Å². The van der Waals surface area contributed by atoms with Gasteiger partial charge in [0, 0.05) is 0 Å². The lowest BCUT2D eigenvalue weighted by molar-refractivity contribution is -0.113. The minimum atomic E-state index is -0.247. The highest BCUT2D eigenvalue weighted by Gasteiger charge is 1.95. The first kappa shape index (κ1) is 8.30. The minimum absolute atomic E-state index is 0.0774. The maximum Gasteiger partial charge on any atom is 0.181 e. The molecule has 2 nitrogen and oxygen atoms in total. The third-order valence-electron chi connectivity index (χ3n) is 0.895. The number of aliphatic hydroxyl groups excluding tert-OH is 1. The lowest BCUT2D eigenvalue weighted by Crippen LogP contribution is -1.94. The fourth-order valence-corrected chi connectivity index (χ4v) is 0.464. The Morgan fingerprint density at radius 2 is 2.00 bits per heavy atom. The maximum atomic E-state index is 10.4. The molecule has 0 amide bonds. The van der Waals surface area contributed by atoms with E-state index in [-0.39, 0.29) is 10.8 Å². The molecule has 0 unspecified atom stereocenters. The van der Waals surface area contributed by atoms with Gasteiger partial charge in [0.05, 0.1) is 0 Å². The molecule has 0 saturated carbocycles. The predicted octanol–water partition coefficient (Wildman–Crippen LogP) is 1.41. The first-order chi connectivity index (χ1) is 4.04. The number of carbonyl (C=O) groups is 1. The summed E-state index contributed by atoms with van der Waals surface area (Å²) in [5.41, 5.74) is 0.475. The molecule has 0 atom stereocenters. The van der Waals surface area contributed by atoms with E-state index < -0.39 is 0 Å². The zero-order chi connectivity index (χ0) is 7.44. The molecular formula is C6H8O2S. The van der Waals surface area contributed by atoms with Crippen LogP contribution in [0, 0.1) is 0 Å². The van der Waals surface area contributed by atoms with E-state index in [0.717, 1.165) is 0 Å². The average Bonchev–Trinajstić information content (AvgIpc) is 1.63. The van der Waals surface area contributed by atoms with Gasteiger partial charge in [-0.3, -0.25) is 4.79 Å². The Morgan fingerprint density at radius 1 is 1.56 bits per heavy atom. The van der Waals surface area contributed by atoms with Crippen LogP contribution in [0.25, 0.3) is 0 Å². The largest absolute Gasteiger partial charge is 0.499 e. The first-order valence-electron chi connectivity index (χ1n) is 2.46. The number of allylic oxidation sites excluding steroid dienone is 1. The van der Waals surface area contributed by atoms with E-state index in [1.165, 1.54) is 13.0 Å². The number of hydrogen-bond donors (Lipinski definition) is 1. The molecule has 0 aliphatic rings. The van der Waals surface area contributed by atoms with Gasteiger partial charge in [-0.2, -0.15) is 0 Å². The van der Waals surface area contributed by atoms with Crippen molar-refractivity contribution in [3.05, 3.63) is 11.6 Å². The summed E-state index contributed by atoms with van der Waals surface area (Å²) < 4.78 is 0. The standard InChI is InChI=1S/C6H8O2S/c1-4(5(2)7)3-6(8)9/h3H,1-2H3,(H,8,9). The second kappa shape index (κ2) is 3.35. The van der Waals surface area contributed by atoms with Crippen molar-refractivity contribution >= 4 is 23.1 Å². The van der Waals surface area contributed by atoms with Gasteiger partial charge >= 0.3 is 0 Å². The number of aliphatic hydroxyl groups is 1. The number of Topliss-reactive ketones (excluding diaryl/α,β-unsaturated/α-hetero) is 1. The van der Waals surface area contributed by atoms with E-state index in [0.29, 0.717) is 5.57 Å². The lowest BCUT2D eigenvalue weighted by atomic mass is 10.2. The van der Waals surface area contributed by atoms with Crippen LogP contribution in [0.2, 0.25) is 0 Å². The number of thiocarbonyl (C=S) groups is 1. The molecule has 0 fully saturated rings. The summed E-state index contributed by atoms with van der Waals surface area (Å²) in [5, 5.41) is 8.23. The summed E-state index contributed by atoms with van der Waals surface area (Å²) in [7, 11) is 0. The van der Waals surface area contributed by atoms with Gasteiger partial charge in [0.15, 0.2) is 10.8 Å². The molecule has 0 radical (unpaired) electrons. The van der Waals surface area contributed by atoms with E-state index in [1.807, 2.05) is 0 Å². The second-order valence-corrected chi connectivity index (χ2v) is 2.14. The third kappa shape index (κ3) is 3.85. The zero-order valence-electron chi connectivity index (χ0n) is 5.34. The molecule has 0 aliphatic heterocycles. The van der Waals surface area contributed by atoms with Crippen LogP contribution in [-0.2, 0) is 4.79 Å². The molecule has 0 aliphatic carbocycles. The van der Waals surface area contributed by atoms with Gasteiger partial charge in [0.25, 0.3) is 0 Å². The summed E-state index contributed by atoms with van der Waals surface area (Å²) >= 11 is 4.32. The molecule has 3 heteroatoms. The fourth-order valence-electron chi connectivity index (χ4n) is 0.287. The van der Waals surface area contributed by atoms with Crippen molar-refractivity contribution in [3.63, 3.8) is 0 Å². The smallest absolute Gasteiger partial charge is 0.181 e. The maximum absolute atomic E-state index is 10.4. The van der Waals surface area contributed by atoms with Crippen molar-refractivity contribution in [2.24, 2.45) is 0 Å². The van der Waals surface area contributed by atoms with Crippen LogP contribution in [-0.4, -0.2) is 15.9 Å². The molecule has 0 aromatic carbocycles. The fraction of sp³-hybridized carbons (Fsp3) is 0.333. The molecule has 0 saturated heterocycles. The van der Waals surface area contributed by atoms with E-state index in [1.54, 1.807) is 6.92 Å². The third-order valence-corrected chi connectivity index (χ3v) is 1.01. The predicted molar refractivity (Wildman–Crippen MR) is 39.7 cm³/mol. The van der Waals surface area contributed by atoms with Gasteiger partial charge < -0.3 is 5.11 Å². The summed E-state index contributed by atoms with van der Waals surface area (Å²) in [6.07, 6.45) is 1.26. The molecule has 0 aromatic rings. The second-order valence-electron chi connectivity index (χ2n) is 1.72. The molecule has 0 heterocycles. The lowest BCUT2D eigenvalue weighted by Gasteiger charge is -1.89. The highest BCUT2D eigenvalue weighted by molar-refractivity contribution is 7.80. The molecule has 0 aromatic heterocycles. The molecule has 0 spiro atoms. The topological polar surface area (TPSA) is 37.3 Å². The van der Waals surface area contributed by atoms with Gasteiger partial charge in [-0.1, -0.05) is 0 Å². The molecule has 0 rings (SSSR count). The van der Waals surface area contributed by atoms with Gasteiger partial charge in [-0.05, 0) is 37.7 Å². The zero-order valence-corrected chi connectivity index (χ0v) is 6.16. The van der Waals surface area contributed by atoms with Crippen molar-refractivity contribution in [2.75, 3.05) is 0 Å². The van der Waals surface area contributed by atoms with Gasteiger partial charge in [0.2, 0.25) is 0 Å². The summed E-state index contributed by atoms with van der Waals surface area (Å²) in [4.78, 5) is 10.4. The van der Waals surface area contributed by atoms with E-state index in [4.69, 9.17) is 5.11 Å². The Morgan fingerprint density at radius 3 is 2.11 bits per heavy atom. The van der Waals surface area contributed by atoms with Crippen LogP contribution in [0.15, 0.2) is 11.6 Å². The Kier molecular flexibility index (Phi) is 3.09. The SMILES string of the molecule is CC(=O)C(C)=CC(O)=S. The van der Waals surface area contributed by atoms with Gasteiger partial charge in [-0.25, -0.2) is 0 Å². The van der Waals surface area contributed by atoms with Gasteiger partial charge in [-0.15, -0.1) is 0 Å². The monoisotopic (exact) mass is 144 g/mol. The Hall–Kier alpha value is -0.700. The van der Waals surface area contributed by atoms with Crippen LogP contribution in [0.5, 0.6) is 0 Å². The Balaban J connectivity index is 4.17. The van der Waals surface area contributed by atoms with E-state index in [2.05, 4.69) is 12.2 Å². The molecule has 0 bridgehead atoms. The van der Waals surface area contributed by atoms with Crippen LogP contribution in [0.1, 0.15) is 13.8 Å². The van der Waals surface area contributed by atoms with Crippen molar-refractivity contribution in [3.8, 4) is 0 Å². The quantitative estimate of drug-likeness (QED) is 0.470. The van der Waals surface area contributed by atoms with Crippen molar-refractivity contribution < 1.29 is 9.90 Å². The summed E-state index contributed by atoms with van der Waals surface area (Å²) in [6, 6.07) is 0. The Bertz CT molecular complexity index is 170. The Labute approximate surface area is 59.2 Å². The van der Waals surface area contributed by atoms with Crippen LogP contribution in [0.3, 0.4) is 0 Å². The summed E-state index contributed by atoms with van der Waals surface area (Å²) in [6.45, 7) is 3.02. The van der Waals surface area contributed by atoms with Crippen LogP contribution in [0.4, 0.5) is 0 Å². The molecule has 9 heavy (non-hydrogen) atoms. The van der Waals surface area contributed by atoms with Crippen LogP contribution >= 0.6 is 12.2 Å². The number of ketones is 1. The average molecular weight is 144 g/mol. The molecular weight excluding hydrogens is 136 g/mol. The van der Waals surface area contributed by atoms with Gasteiger partial charge in [0.1, 0.15) is 0 Å². The first-order valence-corrected chi connectivity index (χ1v) is 2.87. The normalized spacial score (nSPS) is 11.1. The number of rotatable bonds is 2. The number of carbonyl (C=O) groups excluding carboxylic acids is 1. The highest BCUT2D eigenvalue weighted by atomic mass is 32.1. The molecule has 1 N–H and O–H groups in total.